The second-order valence-electron chi connectivity index (χ2n) is 8.96. The maximum absolute atomic E-state index is 13.1. The van der Waals surface area contributed by atoms with Gasteiger partial charge in [0.25, 0.3) is 11.8 Å². The molecule has 3 amide bonds. The van der Waals surface area contributed by atoms with E-state index in [9.17, 15) is 14.4 Å². The highest BCUT2D eigenvalue weighted by Gasteiger charge is 2.25. The van der Waals surface area contributed by atoms with E-state index in [1.54, 1.807) is 18.2 Å². The minimum Gasteiger partial charge on any atom is -0.490 e. The lowest BCUT2D eigenvalue weighted by molar-refractivity contribution is -0.134. The van der Waals surface area contributed by atoms with Crippen molar-refractivity contribution >= 4 is 17.7 Å². The first-order valence-corrected chi connectivity index (χ1v) is 12.9. The number of hydrogen-bond acceptors (Lipinski definition) is 6. The van der Waals surface area contributed by atoms with Crippen LogP contribution in [0, 0.1) is 0 Å². The van der Waals surface area contributed by atoms with Gasteiger partial charge in [-0.1, -0.05) is 0 Å². The van der Waals surface area contributed by atoms with Crippen LogP contribution >= 0.6 is 0 Å². The Morgan fingerprint density at radius 1 is 0.829 bits per heavy atom. The normalized spacial score (nSPS) is 16.7. The molecule has 0 N–H and O–H groups in total. The fraction of sp³-hybridized carbons (Fsp3) is 0.654. The average molecular weight is 489 g/mol. The number of rotatable bonds is 10. The first-order chi connectivity index (χ1) is 17.0. The molecule has 3 rings (SSSR count). The third-order valence-corrected chi connectivity index (χ3v) is 6.68. The molecule has 0 spiro atoms. The van der Waals surface area contributed by atoms with Crippen molar-refractivity contribution in [3.05, 3.63) is 23.8 Å². The molecule has 0 unspecified atom stereocenters. The summed E-state index contributed by atoms with van der Waals surface area (Å²) in [5.74, 6) is 0.966. The van der Waals surface area contributed by atoms with Crippen LogP contribution in [0.25, 0.3) is 0 Å². The minimum absolute atomic E-state index is 0.0235. The van der Waals surface area contributed by atoms with Crippen molar-refractivity contribution in [2.75, 3.05) is 72.1 Å². The van der Waals surface area contributed by atoms with Crippen LogP contribution in [0.3, 0.4) is 0 Å². The van der Waals surface area contributed by atoms with Crippen LogP contribution in [0.5, 0.6) is 11.5 Å². The molecule has 0 radical (unpaired) electrons. The zero-order valence-corrected chi connectivity index (χ0v) is 21.5. The van der Waals surface area contributed by atoms with E-state index in [1.165, 1.54) is 0 Å². The van der Waals surface area contributed by atoms with Crippen LogP contribution < -0.4 is 9.47 Å². The Balaban J connectivity index is 1.56. The Hall–Kier alpha value is -2.81. The molecular weight excluding hydrogens is 448 g/mol. The molecule has 0 atom stereocenters. The number of nitrogens with zero attached hydrogens (tertiary/aromatic N) is 4. The number of piperazine rings is 1. The van der Waals surface area contributed by atoms with Crippen LogP contribution in [0.15, 0.2) is 18.2 Å². The van der Waals surface area contributed by atoms with E-state index < -0.39 is 0 Å². The average Bonchev–Trinajstić information content (AvgIpc) is 2.89. The van der Waals surface area contributed by atoms with E-state index >= 15 is 0 Å². The van der Waals surface area contributed by atoms with Crippen molar-refractivity contribution in [2.24, 2.45) is 0 Å². The quantitative estimate of drug-likeness (QED) is 0.502. The summed E-state index contributed by atoms with van der Waals surface area (Å²) < 4.78 is 11.5. The van der Waals surface area contributed by atoms with Gasteiger partial charge in [-0.3, -0.25) is 19.3 Å². The number of amides is 3. The highest BCUT2D eigenvalue weighted by molar-refractivity contribution is 5.95. The van der Waals surface area contributed by atoms with Gasteiger partial charge in [0.05, 0.1) is 13.2 Å². The van der Waals surface area contributed by atoms with Gasteiger partial charge in [0, 0.05) is 57.9 Å². The Kier molecular flexibility index (Phi) is 10.2. The summed E-state index contributed by atoms with van der Waals surface area (Å²) >= 11 is 0. The number of piperidine rings is 1. The number of likely N-dealkylation sites (N-methyl/N-ethyl adjacent to an activating group) is 1. The van der Waals surface area contributed by atoms with Crippen LogP contribution in [-0.2, 0) is 9.59 Å². The fourth-order valence-corrected chi connectivity index (χ4v) is 4.56. The van der Waals surface area contributed by atoms with Crippen LogP contribution in [0.1, 0.15) is 50.4 Å². The summed E-state index contributed by atoms with van der Waals surface area (Å²) in [6, 6.07) is 5.13. The van der Waals surface area contributed by atoms with Crippen molar-refractivity contribution in [3.63, 3.8) is 0 Å². The third kappa shape index (κ3) is 7.34. The standard InChI is InChI=1S/C26H40N4O5/c1-4-28(5-2)24(31)19-27-14-16-30(17-15-27)26(33)21-10-11-22(23(18-21)34-6-3)35-20-25(32)29-12-8-7-9-13-29/h10-11,18H,4-9,12-17,19-20H2,1-3H3. The molecule has 2 heterocycles. The Labute approximate surface area is 208 Å². The SMILES string of the molecule is CCOc1cc(C(=O)N2CCN(CC(=O)N(CC)CC)CC2)ccc1OCC(=O)N1CCCCC1. The number of carbonyl (C=O) groups is 3. The Morgan fingerprint density at radius 3 is 2.14 bits per heavy atom. The maximum atomic E-state index is 13.1. The molecule has 1 aromatic rings. The van der Waals surface area contributed by atoms with E-state index in [0.717, 1.165) is 32.4 Å². The molecule has 2 aliphatic rings. The molecule has 9 heteroatoms. The summed E-state index contributed by atoms with van der Waals surface area (Å²) in [5.41, 5.74) is 0.524. The van der Waals surface area contributed by atoms with E-state index in [4.69, 9.17) is 9.47 Å². The van der Waals surface area contributed by atoms with Crippen molar-refractivity contribution in [3.8, 4) is 11.5 Å². The predicted octanol–water partition coefficient (Wildman–Crippen LogP) is 2.10. The topological polar surface area (TPSA) is 82.6 Å². The molecule has 194 valence electrons. The highest BCUT2D eigenvalue weighted by Crippen LogP contribution is 2.29. The van der Waals surface area contributed by atoms with Gasteiger partial charge in [-0.2, -0.15) is 0 Å². The molecule has 0 aromatic heterocycles. The monoisotopic (exact) mass is 488 g/mol. The van der Waals surface area contributed by atoms with Gasteiger partial charge in [0.15, 0.2) is 18.1 Å². The van der Waals surface area contributed by atoms with Crippen molar-refractivity contribution in [1.82, 2.24) is 19.6 Å². The molecule has 35 heavy (non-hydrogen) atoms. The lowest BCUT2D eigenvalue weighted by Crippen LogP contribution is -2.51. The second kappa shape index (κ2) is 13.3. The Morgan fingerprint density at radius 2 is 1.51 bits per heavy atom. The molecule has 2 fully saturated rings. The summed E-state index contributed by atoms with van der Waals surface area (Å²) in [5, 5.41) is 0. The van der Waals surface area contributed by atoms with Crippen molar-refractivity contribution < 1.29 is 23.9 Å². The fourth-order valence-electron chi connectivity index (χ4n) is 4.56. The van der Waals surface area contributed by atoms with Gasteiger partial charge >= 0.3 is 0 Å². The summed E-state index contributed by atoms with van der Waals surface area (Å²) in [7, 11) is 0. The van der Waals surface area contributed by atoms with E-state index in [2.05, 4.69) is 4.90 Å². The summed E-state index contributed by atoms with van der Waals surface area (Å²) in [4.78, 5) is 45.6. The van der Waals surface area contributed by atoms with Crippen molar-refractivity contribution in [2.45, 2.75) is 40.0 Å². The lowest BCUT2D eigenvalue weighted by Gasteiger charge is -2.35. The molecular formula is C26H40N4O5. The number of likely N-dealkylation sites (tertiary alicyclic amines) is 1. The number of hydrogen-bond donors (Lipinski definition) is 0. The minimum atomic E-state index is -0.0726. The van der Waals surface area contributed by atoms with Crippen LogP contribution in [0.4, 0.5) is 0 Å². The predicted molar refractivity (Wildman–Crippen MR) is 134 cm³/mol. The molecule has 1 aromatic carbocycles. The molecule has 2 saturated heterocycles. The zero-order valence-electron chi connectivity index (χ0n) is 21.5. The smallest absolute Gasteiger partial charge is 0.260 e. The largest absolute Gasteiger partial charge is 0.490 e. The van der Waals surface area contributed by atoms with Gasteiger partial charge in [-0.05, 0) is 58.2 Å². The molecule has 0 bridgehead atoms. The first-order valence-electron chi connectivity index (χ1n) is 12.9. The van der Waals surface area contributed by atoms with Gasteiger partial charge in [0.2, 0.25) is 5.91 Å². The number of carbonyl (C=O) groups excluding carboxylic acids is 3. The maximum Gasteiger partial charge on any atom is 0.260 e. The third-order valence-electron chi connectivity index (χ3n) is 6.68. The van der Waals surface area contributed by atoms with Crippen LogP contribution in [-0.4, -0.2) is 109 Å². The van der Waals surface area contributed by atoms with E-state index in [0.29, 0.717) is 69.5 Å². The first kappa shape index (κ1) is 26.8. The van der Waals surface area contributed by atoms with Gasteiger partial charge in [-0.15, -0.1) is 0 Å². The molecule has 0 saturated carbocycles. The second-order valence-corrected chi connectivity index (χ2v) is 8.96. The number of benzene rings is 1. The van der Waals surface area contributed by atoms with Crippen LogP contribution in [0.2, 0.25) is 0 Å². The van der Waals surface area contributed by atoms with Crippen molar-refractivity contribution in [1.29, 1.82) is 0 Å². The summed E-state index contributed by atoms with van der Waals surface area (Å²) in [6.07, 6.45) is 3.23. The molecule has 9 nitrogen and oxygen atoms in total. The van der Waals surface area contributed by atoms with Gasteiger partial charge in [-0.25, -0.2) is 0 Å². The van der Waals surface area contributed by atoms with Gasteiger partial charge in [0.1, 0.15) is 0 Å². The Bertz CT molecular complexity index is 859. The lowest BCUT2D eigenvalue weighted by atomic mass is 10.1. The highest BCUT2D eigenvalue weighted by atomic mass is 16.5. The molecule has 0 aliphatic carbocycles. The van der Waals surface area contributed by atoms with E-state index in [1.807, 2.05) is 35.5 Å². The molecule has 2 aliphatic heterocycles. The zero-order chi connectivity index (χ0) is 25.2. The van der Waals surface area contributed by atoms with Gasteiger partial charge < -0.3 is 24.2 Å². The number of ether oxygens (including phenoxy) is 2. The summed E-state index contributed by atoms with van der Waals surface area (Å²) in [6.45, 7) is 12.1. The van der Waals surface area contributed by atoms with E-state index in [-0.39, 0.29) is 24.3 Å².